The molecule has 0 saturated heterocycles. The lowest BCUT2D eigenvalue weighted by atomic mass is 10.0. The van der Waals surface area contributed by atoms with Gasteiger partial charge in [0.1, 0.15) is 6.17 Å². The summed E-state index contributed by atoms with van der Waals surface area (Å²) in [7, 11) is 0. The molecule has 1 unspecified atom stereocenters. The molecular weight excluding hydrogens is 319 g/mol. The first kappa shape index (κ1) is 13.9. The third-order valence-corrected chi connectivity index (χ3v) is 4.72. The number of hydrogen-bond acceptors (Lipinski definition) is 2. The van der Waals surface area contributed by atoms with Crippen molar-refractivity contribution in [3.8, 4) is 0 Å². The van der Waals surface area contributed by atoms with Crippen molar-refractivity contribution in [2.45, 2.75) is 25.0 Å². The first-order valence-corrected chi connectivity index (χ1v) is 8.04. The number of carbonyl (C=O) groups is 1. The van der Waals surface area contributed by atoms with E-state index in [1.807, 2.05) is 35.2 Å². The average Bonchev–Trinajstić information content (AvgIpc) is 3.32. The Labute approximate surface area is 138 Å². The molecule has 1 fully saturated rings. The molecule has 1 saturated carbocycles. The molecule has 0 radical (unpaired) electrons. The van der Waals surface area contributed by atoms with Gasteiger partial charge >= 0.3 is 0 Å². The van der Waals surface area contributed by atoms with E-state index >= 15 is 0 Å². The fourth-order valence-corrected chi connectivity index (χ4v) is 3.46. The summed E-state index contributed by atoms with van der Waals surface area (Å²) in [6.07, 6.45) is 1.83. The minimum absolute atomic E-state index is 0.0628. The van der Waals surface area contributed by atoms with Gasteiger partial charge in [0, 0.05) is 27.3 Å². The SMILES string of the molecule is O=C1c2ccccc2NC(c2ccc(Cl)cc2Cl)N1C1CC1. The summed E-state index contributed by atoms with van der Waals surface area (Å²) in [6, 6.07) is 13.3. The largest absolute Gasteiger partial charge is 0.361 e. The molecule has 2 aromatic carbocycles. The molecule has 4 rings (SSSR count). The Kier molecular flexibility index (Phi) is 3.28. The topological polar surface area (TPSA) is 32.3 Å². The number of nitrogens with zero attached hydrogens (tertiary/aromatic N) is 1. The molecule has 22 heavy (non-hydrogen) atoms. The van der Waals surface area contributed by atoms with Gasteiger partial charge in [-0.05, 0) is 37.1 Å². The fraction of sp³-hybridized carbons (Fsp3) is 0.235. The van der Waals surface area contributed by atoms with E-state index in [9.17, 15) is 4.79 Å². The molecule has 1 heterocycles. The lowest BCUT2D eigenvalue weighted by Crippen LogP contribution is -2.44. The highest BCUT2D eigenvalue weighted by Crippen LogP contribution is 2.42. The highest BCUT2D eigenvalue weighted by molar-refractivity contribution is 6.35. The van der Waals surface area contributed by atoms with E-state index in [2.05, 4.69) is 5.32 Å². The van der Waals surface area contributed by atoms with Crippen LogP contribution in [0.25, 0.3) is 0 Å². The summed E-state index contributed by atoms with van der Waals surface area (Å²) in [5, 5.41) is 4.62. The van der Waals surface area contributed by atoms with Crippen molar-refractivity contribution in [3.05, 3.63) is 63.6 Å². The first-order valence-electron chi connectivity index (χ1n) is 7.28. The third-order valence-electron chi connectivity index (χ3n) is 4.16. The quantitative estimate of drug-likeness (QED) is 0.862. The van der Waals surface area contributed by atoms with Crippen LogP contribution in [0, 0.1) is 0 Å². The monoisotopic (exact) mass is 332 g/mol. The van der Waals surface area contributed by atoms with Gasteiger partial charge in [0.2, 0.25) is 0 Å². The second-order valence-electron chi connectivity index (χ2n) is 5.70. The number of carbonyl (C=O) groups excluding carboxylic acids is 1. The summed E-state index contributed by atoms with van der Waals surface area (Å²) < 4.78 is 0. The summed E-state index contributed by atoms with van der Waals surface area (Å²) in [6.45, 7) is 0. The van der Waals surface area contributed by atoms with Crippen LogP contribution in [0.1, 0.15) is 34.9 Å². The molecule has 0 bridgehead atoms. The zero-order valence-electron chi connectivity index (χ0n) is 11.7. The van der Waals surface area contributed by atoms with E-state index in [0.717, 1.165) is 29.7 Å². The standard InChI is InChI=1S/C17H14Cl2N2O/c18-10-5-8-12(14(19)9-10)16-20-15-4-2-1-3-13(15)17(22)21(16)11-6-7-11/h1-5,8-9,11,16,20H,6-7H2. The first-order chi connectivity index (χ1) is 10.6. The van der Waals surface area contributed by atoms with Crippen molar-refractivity contribution in [2.75, 3.05) is 5.32 Å². The van der Waals surface area contributed by atoms with E-state index in [1.165, 1.54) is 0 Å². The number of para-hydroxylation sites is 1. The maximum atomic E-state index is 12.9. The van der Waals surface area contributed by atoms with Gasteiger partial charge in [-0.25, -0.2) is 0 Å². The number of hydrogen-bond donors (Lipinski definition) is 1. The zero-order chi connectivity index (χ0) is 15.3. The van der Waals surface area contributed by atoms with Crippen molar-refractivity contribution in [3.63, 3.8) is 0 Å². The molecular formula is C17H14Cl2N2O. The van der Waals surface area contributed by atoms with E-state index in [-0.39, 0.29) is 18.1 Å². The van der Waals surface area contributed by atoms with E-state index in [1.54, 1.807) is 12.1 Å². The summed E-state index contributed by atoms with van der Waals surface area (Å²) in [5.74, 6) is 0.0628. The van der Waals surface area contributed by atoms with Gasteiger partial charge in [0.25, 0.3) is 5.91 Å². The van der Waals surface area contributed by atoms with Crippen molar-refractivity contribution < 1.29 is 4.79 Å². The number of amides is 1. The van der Waals surface area contributed by atoms with Gasteiger partial charge in [-0.3, -0.25) is 4.79 Å². The maximum absolute atomic E-state index is 12.9. The maximum Gasteiger partial charge on any atom is 0.258 e. The van der Waals surface area contributed by atoms with Crippen LogP contribution in [0.15, 0.2) is 42.5 Å². The normalized spacial score (nSPS) is 20.5. The lowest BCUT2D eigenvalue weighted by Gasteiger charge is -2.38. The predicted octanol–water partition coefficient (Wildman–Crippen LogP) is 4.72. The molecule has 1 aliphatic heterocycles. The molecule has 0 spiro atoms. The molecule has 1 N–H and O–H groups in total. The number of rotatable bonds is 2. The van der Waals surface area contributed by atoms with E-state index < -0.39 is 0 Å². The van der Waals surface area contributed by atoms with Crippen molar-refractivity contribution >= 4 is 34.8 Å². The molecule has 1 aliphatic carbocycles. The Bertz CT molecular complexity index is 758. The van der Waals surface area contributed by atoms with Crippen LogP contribution >= 0.6 is 23.2 Å². The Morgan fingerprint density at radius 3 is 2.59 bits per heavy atom. The van der Waals surface area contributed by atoms with Crippen molar-refractivity contribution in [2.24, 2.45) is 0 Å². The smallest absolute Gasteiger partial charge is 0.258 e. The lowest BCUT2D eigenvalue weighted by molar-refractivity contribution is 0.0666. The van der Waals surface area contributed by atoms with E-state index in [4.69, 9.17) is 23.2 Å². The number of halogens is 2. The van der Waals surface area contributed by atoms with Crippen molar-refractivity contribution in [1.29, 1.82) is 0 Å². The molecule has 1 amide bonds. The van der Waals surface area contributed by atoms with Gasteiger partial charge in [-0.1, -0.05) is 41.4 Å². The summed E-state index contributed by atoms with van der Waals surface area (Å²) >= 11 is 12.4. The van der Waals surface area contributed by atoms with Crippen LogP contribution in [-0.2, 0) is 0 Å². The zero-order valence-corrected chi connectivity index (χ0v) is 13.2. The van der Waals surface area contributed by atoms with Crippen LogP contribution in [0.5, 0.6) is 0 Å². The van der Waals surface area contributed by atoms with E-state index in [0.29, 0.717) is 10.0 Å². The Morgan fingerprint density at radius 1 is 1.09 bits per heavy atom. The number of benzene rings is 2. The second kappa shape index (κ2) is 5.18. The highest BCUT2D eigenvalue weighted by Gasteiger charge is 2.42. The molecule has 1 atom stereocenters. The Morgan fingerprint density at radius 2 is 1.86 bits per heavy atom. The van der Waals surface area contributed by atoms with Gasteiger partial charge in [-0.2, -0.15) is 0 Å². The average molecular weight is 333 g/mol. The predicted molar refractivity (Wildman–Crippen MR) is 88.5 cm³/mol. The van der Waals surface area contributed by atoms with Crippen LogP contribution in [0.2, 0.25) is 10.0 Å². The number of fused-ring (bicyclic) bond motifs is 1. The van der Waals surface area contributed by atoms with Gasteiger partial charge < -0.3 is 10.2 Å². The Hall–Kier alpha value is -1.71. The fourth-order valence-electron chi connectivity index (χ4n) is 2.95. The molecule has 5 heteroatoms. The number of anilines is 1. The van der Waals surface area contributed by atoms with Crippen LogP contribution in [-0.4, -0.2) is 16.8 Å². The molecule has 0 aromatic heterocycles. The van der Waals surface area contributed by atoms with Gasteiger partial charge in [0.05, 0.1) is 5.56 Å². The van der Waals surface area contributed by atoms with Crippen LogP contribution in [0.3, 0.4) is 0 Å². The van der Waals surface area contributed by atoms with Crippen molar-refractivity contribution in [1.82, 2.24) is 4.90 Å². The minimum Gasteiger partial charge on any atom is -0.361 e. The molecule has 112 valence electrons. The minimum atomic E-state index is -0.250. The molecule has 2 aromatic rings. The highest BCUT2D eigenvalue weighted by atomic mass is 35.5. The molecule has 3 nitrogen and oxygen atoms in total. The van der Waals surface area contributed by atoms with Gasteiger partial charge in [0.15, 0.2) is 0 Å². The second-order valence-corrected chi connectivity index (χ2v) is 6.55. The summed E-state index contributed by atoms with van der Waals surface area (Å²) in [5.41, 5.74) is 2.44. The van der Waals surface area contributed by atoms with Crippen LogP contribution in [0.4, 0.5) is 5.69 Å². The molecule has 2 aliphatic rings. The van der Waals surface area contributed by atoms with Gasteiger partial charge in [-0.15, -0.1) is 0 Å². The Balaban J connectivity index is 1.82. The number of nitrogens with one attached hydrogen (secondary N) is 1. The van der Waals surface area contributed by atoms with Crippen LogP contribution < -0.4 is 5.32 Å². The third kappa shape index (κ3) is 2.25. The summed E-state index contributed by atoms with van der Waals surface area (Å²) in [4.78, 5) is 14.8.